The quantitative estimate of drug-likeness (QED) is 0.780. The minimum absolute atomic E-state index is 0.760. The maximum absolute atomic E-state index is 10.9. The molecule has 0 aliphatic rings. The van der Waals surface area contributed by atoms with E-state index in [9.17, 15) is 4.79 Å². The molecule has 0 bridgehead atoms. The van der Waals surface area contributed by atoms with Gasteiger partial charge in [0.2, 0.25) is 0 Å². The third kappa shape index (κ3) is 2.31. The van der Waals surface area contributed by atoms with Crippen LogP contribution in [0.15, 0.2) is 12.3 Å². The number of aryl methyl sites for hydroxylation is 2. The lowest BCUT2D eigenvalue weighted by Gasteiger charge is -2.06. The fourth-order valence-electron chi connectivity index (χ4n) is 1.91. The zero-order chi connectivity index (χ0) is 12.4. The third-order valence-corrected chi connectivity index (χ3v) is 4.11. The summed E-state index contributed by atoms with van der Waals surface area (Å²) in [6.07, 6.45) is 3.88. The van der Waals surface area contributed by atoms with Crippen molar-refractivity contribution in [2.45, 2.75) is 33.7 Å². The molecule has 2 aromatic heterocycles. The van der Waals surface area contributed by atoms with Gasteiger partial charge in [0.1, 0.15) is 5.01 Å². The number of hydrogen-bond acceptors (Lipinski definition) is 3. The number of carbonyl (C=O) groups excluding carboxylic acids is 1. The van der Waals surface area contributed by atoms with Gasteiger partial charge in [-0.05, 0) is 26.3 Å². The van der Waals surface area contributed by atoms with Crippen LogP contribution in [0.1, 0.15) is 38.6 Å². The van der Waals surface area contributed by atoms with Crippen LogP contribution < -0.4 is 0 Å². The molecule has 0 aliphatic carbocycles. The van der Waals surface area contributed by atoms with Gasteiger partial charge >= 0.3 is 0 Å². The van der Waals surface area contributed by atoms with E-state index in [2.05, 4.69) is 16.5 Å². The first-order valence-corrected chi connectivity index (χ1v) is 6.52. The topological polar surface area (TPSA) is 34.9 Å². The lowest BCUT2D eigenvalue weighted by atomic mass is 10.3. The number of aldehydes is 1. The number of carbonyl (C=O) groups is 1. The van der Waals surface area contributed by atoms with E-state index in [1.165, 1.54) is 4.88 Å². The minimum atomic E-state index is 0.760. The maximum Gasteiger partial charge on any atom is 0.151 e. The Labute approximate surface area is 105 Å². The predicted octanol–water partition coefficient (Wildman–Crippen LogP) is 2.98. The molecule has 0 N–H and O–H groups in total. The van der Waals surface area contributed by atoms with Crippen LogP contribution in [0.5, 0.6) is 0 Å². The van der Waals surface area contributed by atoms with E-state index in [1.54, 1.807) is 11.3 Å². The van der Waals surface area contributed by atoms with Crippen molar-refractivity contribution in [2.75, 3.05) is 0 Å². The summed E-state index contributed by atoms with van der Waals surface area (Å²) in [5.74, 6) is 0. The SMILES string of the molecule is CCc1cnc(Cn2c(C)cc(C=O)c2C)s1. The summed E-state index contributed by atoms with van der Waals surface area (Å²) in [4.78, 5) is 16.6. The second-order valence-corrected chi connectivity index (χ2v) is 5.30. The molecule has 0 saturated heterocycles. The van der Waals surface area contributed by atoms with E-state index in [-0.39, 0.29) is 0 Å². The van der Waals surface area contributed by atoms with Crippen molar-refractivity contribution in [1.82, 2.24) is 9.55 Å². The molecule has 2 aromatic rings. The Morgan fingerprint density at radius 1 is 1.47 bits per heavy atom. The zero-order valence-corrected chi connectivity index (χ0v) is 11.2. The molecular weight excluding hydrogens is 232 g/mol. The van der Waals surface area contributed by atoms with Crippen molar-refractivity contribution in [3.8, 4) is 0 Å². The monoisotopic (exact) mass is 248 g/mol. The molecule has 2 heterocycles. The summed E-state index contributed by atoms with van der Waals surface area (Å²) in [6.45, 7) is 6.89. The van der Waals surface area contributed by atoms with Crippen molar-refractivity contribution in [3.63, 3.8) is 0 Å². The standard InChI is InChI=1S/C13H16N2OS/c1-4-12-6-14-13(17-12)7-15-9(2)5-11(8-16)10(15)3/h5-6,8H,4,7H2,1-3H3. The van der Waals surface area contributed by atoms with E-state index < -0.39 is 0 Å². The Morgan fingerprint density at radius 3 is 2.76 bits per heavy atom. The van der Waals surface area contributed by atoms with Crippen molar-refractivity contribution in [2.24, 2.45) is 0 Å². The molecule has 0 aromatic carbocycles. The molecule has 0 aliphatic heterocycles. The van der Waals surface area contributed by atoms with E-state index >= 15 is 0 Å². The fraction of sp³-hybridized carbons (Fsp3) is 0.385. The number of thiazole rings is 1. The molecule has 3 nitrogen and oxygen atoms in total. The molecule has 17 heavy (non-hydrogen) atoms. The normalized spacial score (nSPS) is 10.8. The first-order valence-electron chi connectivity index (χ1n) is 5.71. The zero-order valence-electron chi connectivity index (χ0n) is 10.4. The molecule has 90 valence electrons. The Morgan fingerprint density at radius 2 is 2.24 bits per heavy atom. The van der Waals surface area contributed by atoms with Gasteiger partial charge in [0.15, 0.2) is 6.29 Å². The highest BCUT2D eigenvalue weighted by atomic mass is 32.1. The second kappa shape index (κ2) is 4.84. The predicted molar refractivity (Wildman–Crippen MR) is 69.9 cm³/mol. The molecule has 0 saturated carbocycles. The summed E-state index contributed by atoms with van der Waals surface area (Å²) in [5, 5.41) is 1.10. The van der Waals surface area contributed by atoms with E-state index in [0.717, 1.165) is 41.2 Å². The molecule has 0 amide bonds. The maximum atomic E-state index is 10.9. The molecule has 0 atom stereocenters. The molecule has 0 unspecified atom stereocenters. The van der Waals surface area contributed by atoms with Crippen LogP contribution in [-0.4, -0.2) is 15.8 Å². The van der Waals surface area contributed by atoms with Gasteiger partial charge in [-0.2, -0.15) is 0 Å². The second-order valence-electron chi connectivity index (χ2n) is 4.10. The summed E-state index contributed by atoms with van der Waals surface area (Å²) in [6, 6.07) is 1.93. The van der Waals surface area contributed by atoms with Gasteiger partial charge in [-0.15, -0.1) is 11.3 Å². The van der Waals surface area contributed by atoms with Gasteiger partial charge < -0.3 is 4.57 Å². The highest BCUT2D eigenvalue weighted by Gasteiger charge is 2.10. The van der Waals surface area contributed by atoms with Gasteiger partial charge in [0.05, 0.1) is 6.54 Å². The smallest absolute Gasteiger partial charge is 0.151 e. The molecule has 0 fully saturated rings. The van der Waals surface area contributed by atoms with Crippen LogP contribution in [0.3, 0.4) is 0 Å². The Bertz CT molecular complexity index is 540. The lowest BCUT2D eigenvalue weighted by Crippen LogP contribution is -2.03. The summed E-state index contributed by atoms with van der Waals surface area (Å²) in [5.41, 5.74) is 2.90. The summed E-state index contributed by atoms with van der Waals surface area (Å²) >= 11 is 1.74. The average molecular weight is 248 g/mol. The number of hydrogen-bond donors (Lipinski definition) is 0. The molecular formula is C13H16N2OS. The van der Waals surface area contributed by atoms with Gasteiger partial charge in [-0.25, -0.2) is 4.98 Å². The lowest BCUT2D eigenvalue weighted by molar-refractivity contribution is 0.112. The van der Waals surface area contributed by atoms with Crippen molar-refractivity contribution < 1.29 is 4.79 Å². The van der Waals surface area contributed by atoms with E-state index in [0.29, 0.717) is 0 Å². The van der Waals surface area contributed by atoms with Gasteiger partial charge in [0, 0.05) is 28.0 Å². The first-order chi connectivity index (χ1) is 8.15. The Kier molecular flexibility index (Phi) is 3.43. The molecule has 4 heteroatoms. The van der Waals surface area contributed by atoms with Crippen LogP contribution in [0.4, 0.5) is 0 Å². The van der Waals surface area contributed by atoms with E-state index in [1.807, 2.05) is 26.1 Å². The first kappa shape index (κ1) is 12.0. The number of aromatic nitrogens is 2. The Hall–Kier alpha value is -1.42. The van der Waals surface area contributed by atoms with Gasteiger partial charge in [-0.3, -0.25) is 4.79 Å². The Balaban J connectivity index is 2.29. The number of rotatable bonds is 4. The molecule has 2 rings (SSSR count). The summed E-state index contributed by atoms with van der Waals surface area (Å²) < 4.78 is 2.14. The van der Waals surface area contributed by atoms with Crippen LogP contribution in [-0.2, 0) is 13.0 Å². The minimum Gasteiger partial charge on any atom is -0.342 e. The average Bonchev–Trinajstić information content (AvgIpc) is 2.88. The third-order valence-electron chi connectivity index (χ3n) is 2.98. The highest BCUT2D eigenvalue weighted by Crippen LogP contribution is 2.19. The van der Waals surface area contributed by atoms with Crippen molar-refractivity contribution in [3.05, 3.63) is 39.1 Å². The van der Waals surface area contributed by atoms with Crippen LogP contribution >= 0.6 is 11.3 Å². The van der Waals surface area contributed by atoms with Crippen LogP contribution in [0, 0.1) is 13.8 Å². The van der Waals surface area contributed by atoms with Crippen molar-refractivity contribution >= 4 is 17.6 Å². The highest BCUT2D eigenvalue weighted by molar-refractivity contribution is 7.11. The van der Waals surface area contributed by atoms with Crippen LogP contribution in [0.25, 0.3) is 0 Å². The molecule has 0 spiro atoms. The van der Waals surface area contributed by atoms with Crippen molar-refractivity contribution in [1.29, 1.82) is 0 Å². The largest absolute Gasteiger partial charge is 0.342 e. The summed E-state index contributed by atoms with van der Waals surface area (Å²) in [7, 11) is 0. The molecule has 0 radical (unpaired) electrons. The van der Waals surface area contributed by atoms with Crippen LogP contribution in [0.2, 0.25) is 0 Å². The van der Waals surface area contributed by atoms with Gasteiger partial charge in [0.25, 0.3) is 0 Å². The van der Waals surface area contributed by atoms with E-state index in [4.69, 9.17) is 0 Å². The fourth-order valence-corrected chi connectivity index (χ4v) is 2.76. The van der Waals surface area contributed by atoms with Gasteiger partial charge in [-0.1, -0.05) is 6.92 Å². The number of nitrogens with zero attached hydrogens (tertiary/aromatic N) is 2.